The summed E-state index contributed by atoms with van der Waals surface area (Å²) in [5, 5.41) is 1.37. The number of ether oxygens (including phenoxy) is 3. The third kappa shape index (κ3) is 6.30. The van der Waals surface area contributed by atoms with E-state index in [9.17, 15) is 4.79 Å². The fourth-order valence-electron chi connectivity index (χ4n) is 2.31. The Morgan fingerprint density at radius 1 is 1.19 bits per heavy atom. The number of methoxy groups -OCH3 is 1. The number of benzene rings is 2. The maximum atomic E-state index is 12.7. The Hall–Kier alpha value is -1.01. The number of aryl methyl sites for hydroxylation is 1. The van der Waals surface area contributed by atoms with E-state index in [-0.39, 0.29) is 33.0 Å². The fraction of sp³-hybridized carbons (Fsp3) is 0.316. The van der Waals surface area contributed by atoms with E-state index in [1.807, 2.05) is 32.0 Å². The molecule has 2 aromatic carbocycles. The van der Waals surface area contributed by atoms with Gasteiger partial charge in [-0.15, -0.1) is 0 Å². The van der Waals surface area contributed by atoms with Crippen LogP contribution in [0.15, 0.2) is 36.4 Å². The Kier molecular flexibility index (Phi) is 10.3. The van der Waals surface area contributed by atoms with Gasteiger partial charge in [0.05, 0.1) is 24.3 Å². The van der Waals surface area contributed by atoms with Crippen LogP contribution in [-0.2, 0) is 4.74 Å². The molecule has 0 radical (unpaired) electrons. The summed E-state index contributed by atoms with van der Waals surface area (Å²) in [6.45, 7) is 5.66. The van der Waals surface area contributed by atoms with Gasteiger partial charge in [-0.05, 0) is 57.6 Å². The van der Waals surface area contributed by atoms with Gasteiger partial charge >= 0.3 is 18.9 Å². The van der Waals surface area contributed by atoms with Crippen LogP contribution < -0.4 is 14.8 Å². The third-order valence-electron chi connectivity index (χ3n) is 3.57. The average Bonchev–Trinajstić information content (AvgIpc) is 2.60. The standard InChI is InChI=1S/C19H22ClO4P.Li.H/c1-4-23-10-11-24-14-8-9-17(13(2)12-14)25-19(21)18-15(20)6-5-7-16(18)22-3;;/h5-9,12,25H,4,10-11H2,1-3H3;;. The first-order chi connectivity index (χ1) is 12.1. The van der Waals surface area contributed by atoms with Crippen molar-refractivity contribution >= 4 is 49.9 Å². The van der Waals surface area contributed by atoms with Crippen LogP contribution in [-0.4, -0.2) is 51.3 Å². The van der Waals surface area contributed by atoms with Crippen LogP contribution >= 0.6 is 20.2 Å². The molecule has 0 bridgehead atoms. The summed E-state index contributed by atoms with van der Waals surface area (Å²) in [4.78, 5) is 12.7. The van der Waals surface area contributed by atoms with Crippen LogP contribution in [0.1, 0.15) is 22.8 Å². The molecule has 0 aliphatic heterocycles. The zero-order valence-electron chi connectivity index (χ0n) is 14.6. The van der Waals surface area contributed by atoms with Gasteiger partial charge in [-0.25, -0.2) is 0 Å². The molecular formula is C19H23ClLiO4P. The monoisotopic (exact) mass is 388 g/mol. The van der Waals surface area contributed by atoms with Crippen molar-refractivity contribution in [2.24, 2.45) is 0 Å². The normalized spacial score (nSPS) is 10.6. The van der Waals surface area contributed by atoms with E-state index in [1.54, 1.807) is 18.2 Å². The first-order valence-corrected chi connectivity index (χ1v) is 9.39. The van der Waals surface area contributed by atoms with Crippen molar-refractivity contribution in [1.82, 2.24) is 0 Å². The minimum absolute atomic E-state index is 0. The van der Waals surface area contributed by atoms with E-state index in [4.69, 9.17) is 25.8 Å². The Labute approximate surface area is 173 Å². The van der Waals surface area contributed by atoms with Crippen LogP contribution in [0.2, 0.25) is 5.02 Å². The van der Waals surface area contributed by atoms with Gasteiger partial charge in [0.2, 0.25) is 0 Å². The summed E-state index contributed by atoms with van der Waals surface area (Å²) >= 11 is 6.19. The predicted octanol–water partition coefficient (Wildman–Crippen LogP) is 3.57. The molecule has 2 rings (SSSR count). The van der Waals surface area contributed by atoms with Crippen molar-refractivity contribution < 1.29 is 19.0 Å². The molecule has 0 amide bonds. The van der Waals surface area contributed by atoms with Gasteiger partial charge in [0, 0.05) is 6.61 Å². The van der Waals surface area contributed by atoms with Gasteiger partial charge in [0.25, 0.3) is 0 Å². The minimum atomic E-state index is -0.0458. The van der Waals surface area contributed by atoms with Crippen LogP contribution in [0.4, 0.5) is 0 Å². The van der Waals surface area contributed by atoms with E-state index in [1.165, 1.54) is 7.11 Å². The summed E-state index contributed by atoms with van der Waals surface area (Å²) in [6.07, 6.45) is 0. The Morgan fingerprint density at radius 3 is 2.62 bits per heavy atom. The van der Waals surface area contributed by atoms with Crippen molar-refractivity contribution in [3.05, 3.63) is 52.5 Å². The van der Waals surface area contributed by atoms with Gasteiger partial charge in [-0.2, -0.15) is 0 Å². The molecule has 0 heterocycles. The van der Waals surface area contributed by atoms with E-state index in [2.05, 4.69) is 0 Å². The molecule has 1 unspecified atom stereocenters. The van der Waals surface area contributed by atoms with Gasteiger partial charge < -0.3 is 14.2 Å². The van der Waals surface area contributed by atoms with Crippen molar-refractivity contribution in [2.45, 2.75) is 13.8 Å². The molecule has 0 aliphatic rings. The second-order valence-electron chi connectivity index (χ2n) is 5.29. The molecule has 1 atom stereocenters. The number of halogens is 1. The first kappa shape index (κ1) is 23.0. The van der Waals surface area contributed by atoms with E-state index >= 15 is 0 Å². The van der Waals surface area contributed by atoms with Gasteiger partial charge in [-0.3, -0.25) is 4.79 Å². The summed E-state index contributed by atoms with van der Waals surface area (Å²) in [5.41, 5.74) is 1.39. The molecule has 0 aliphatic carbocycles. The quantitative estimate of drug-likeness (QED) is 0.374. The molecule has 26 heavy (non-hydrogen) atoms. The predicted molar refractivity (Wildman–Crippen MR) is 111 cm³/mol. The first-order valence-electron chi connectivity index (χ1n) is 8.01. The number of carbonyl (C=O) groups is 1. The zero-order valence-corrected chi connectivity index (χ0v) is 16.4. The molecule has 0 saturated heterocycles. The van der Waals surface area contributed by atoms with Crippen molar-refractivity contribution in [1.29, 1.82) is 0 Å². The molecule has 0 N–H and O–H groups in total. The van der Waals surface area contributed by atoms with Crippen molar-refractivity contribution in [3.8, 4) is 11.5 Å². The molecule has 0 saturated carbocycles. The number of carbonyl (C=O) groups excluding carboxylic acids is 1. The molecule has 7 heteroatoms. The summed E-state index contributed by atoms with van der Waals surface area (Å²) in [7, 11) is 1.50. The van der Waals surface area contributed by atoms with E-state index in [0.29, 0.717) is 36.2 Å². The average molecular weight is 389 g/mol. The number of hydrogen-bond acceptors (Lipinski definition) is 4. The second-order valence-corrected chi connectivity index (χ2v) is 6.94. The van der Waals surface area contributed by atoms with Gasteiger partial charge in [0.15, 0.2) is 5.52 Å². The van der Waals surface area contributed by atoms with Crippen molar-refractivity contribution in [3.63, 3.8) is 0 Å². The molecule has 4 nitrogen and oxygen atoms in total. The summed E-state index contributed by atoms with van der Waals surface area (Å²) in [6, 6.07) is 10.9. The third-order valence-corrected chi connectivity index (χ3v) is 5.19. The summed E-state index contributed by atoms with van der Waals surface area (Å²) in [5.74, 6) is 1.27. The van der Waals surface area contributed by atoms with Crippen LogP contribution in [0.25, 0.3) is 0 Å². The molecule has 136 valence electrons. The maximum absolute atomic E-state index is 12.7. The molecular weight excluding hydrogens is 366 g/mol. The van der Waals surface area contributed by atoms with Crippen LogP contribution in [0.3, 0.4) is 0 Å². The van der Waals surface area contributed by atoms with E-state index in [0.717, 1.165) is 16.6 Å². The molecule has 0 aromatic heterocycles. The fourth-order valence-corrected chi connectivity index (χ4v) is 3.70. The molecule has 0 fully saturated rings. The molecule has 0 spiro atoms. The topological polar surface area (TPSA) is 44.8 Å². The Morgan fingerprint density at radius 2 is 1.96 bits per heavy atom. The second kappa shape index (κ2) is 11.6. The van der Waals surface area contributed by atoms with Crippen molar-refractivity contribution in [2.75, 3.05) is 26.9 Å². The molecule has 2 aromatic rings. The SMILES string of the molecule is CCOCCOc1ccc(PC(=O)c2c(Cl)cccc2OC)c(C)c1.[LiH]. The van der Waals surface area contributed by atoms with Crippen LogP contribution in [0.5, 0.6) is 11.5 Å². The van der Waals surface area contributed by atoms with Gasteiger partial charge in [0.1, 0.15) is 18.1 Å². The Balaban J connectivity index is 0.00000338. The van der Waals surface area contributed by atoms with Gasteiger partial charge in [-0.1, -0.05) is 23.7 Å². The zero-order chi connectivity index (χ0) is 18.2. The van der Waals surface area contributed by atoms with E-state index < -0.39 is 0 Å². The number of hydrogen-bond donors (Lipinski definition) is 0. The number of rotatable bonds is 9. The van der Waals surface area contributed by atoms with Crippen LogP contribution in [0, 0.1) is 6.92 Å². The summed E-state index contributed by atoms with van der Waals surface area (Å²) < 4.78 is 16.2. The Bertz CT molecular complexity index is 739.